The average molecular weight is 227 g/mol. The lowest BCUT2D eigenvalue weighted by Gasteiger charge is -2.15. The van der Waals surface area contributed by atoms with Gasteiger partial charge in [-0.3, -0.25) is 0 Å². The molecule has 1 unspecified atom stereocenters. The van der Waals surface area contributed by atoms with E-state index < -0.39 is 0 Å². The number of benzene rings is 1. The highest BCUT2D eigenvalue weighted by Gasteiger charge is 2.11. The lowest BCUT2D eigenvalue weighted by atomic mass is 9.97. The molecule has 0 aromatic heterocycles. The summed E-state index contributed by atoms with van der Waals surface area (Å²) in [4.78, 5) is 0. The van der Waals surface area contributed by atoms with Crippen LogP contribution in [0.25, 0.3) is 0 Å². The van der Waals surface area contributed by atoms with E-state index in [4.69, 9.17) is 11.6 Å². The Morgan fingerprint density at radius 2 is 1.93 bits per heavy atom. The SMILES string of the molecule is CCCCC(O)c1cc(C)c(Cl)cc1C. The minimum atomic E-state index is -0.346. The van der Waals surface area contributed by atoms with Gasteiger partial charge in [0.05, 0.1) is 6.10 Å². The van der Waals surface area contributed by atoms with Crippen molar-refractivity contribution in [2.24, 2.45) is 0 Å². The summed E-state index contributed by atoms with van der Waals surface area (Å²) in [7, 11) is 0. The predicted molar refractivity (Wildman–Crippen MR) is 65.4 cm³/mol. The van der Waals surface area contributed by atoms with E-state index in [1.54, 1.807) is 0 Å². The molecule has 0 amide bonds. The Labute approximate surface area is 97.1 Å². The Balaban J connectivity index is 2.88. The number of aliphatic hydroxyl groups is 1. The maximum Gasteiger partial charge on any atom is 0.0792 e. The summed E-state index contributed by atoms with van der Waals surface area (Å²) in [6.07, 6.45) is 2.66. The summed E-state index contributed by atoms with van der Waals surface area (Å²) >= 11 is 6.01. The van der Waals surface area contributed by atoms with Gasteiger partial charge in [-0.15, -0.1) is 0 Å². The van der Waals surface area contributed by atoms with Crippen LogP contribution in [0.4, 0.5) is 0 Å². The molecular weight excluding hydrogens is 208 g/mol. The highest BCUT2D eigenvalue weighted by atomic mass is 35.5. The van der Waals surface area contributed by atoms with Crippen LogP contribution in [0.2, 0.25) is 5.02 Å². The summed E-state index contributed by atoms with van der Waals surface area (Å²) in [6, 6.07) is 3.93. The Kier molecular flexibility index (Phi) is 4.62. The fourth-order valence-corrected chi connectivity index (χ4v) is 1.93. The van der Waals surface area contributed by atoms with Crippen molar-refractivity contribution in [3.63, 3.8) is 0 Å². The molecule has 0 saturated carbocycles. The average Bonchev–Trinajstić information content (AvgIpc) is 2.20. The molecule has 0 radical (unpaired) electrons. The molecule has 0 fully saturated rings. The molecular formula is C13H19ClO. The van der Waals surface area contributed by atoms with Crippen molar-refractivity contribution in [1.82, 2.24) is 0 Å². The fourth-order valence-electron chi connectivity index (χ4n) is 1.72. The molecule has 15 heavy (non-hydrogen) atoms. The summed E-state index contributed by atoms with van der Waals surface area (Å²) in [6.45, 7) is 6.10. The van der Waals surface area contributed by atoms with E-state index in [1.165, 1.54) is 0 Å². The molecule has 1 nitrogen and oxygen atoms in total. The van der Waals surface area contributed by atoms with Crippen LogP contribution in [0.15, 0.2) is 12.1 Å². The molecule has 0 bridgehead atoms. The largest absolute Gasteiger partial charge is 0.388 e. The van der Waals surface area contributed by atoms with Crippen molar-refractivity contribution in [1.29, 1.82) is 0 Å². The minimum Gasteiger partial charge on any atom is -0.388 e. The standard InChI is InChI=1S/C13H19ClO/c1-4-5-6-13(15)11-7-10(3)12(14)8-9(11)2/h7-8,13,15H,4-6H2,1-3H3. The van der Waals surface area contributed by atoms with Gasteiger partial charge in [-0.05, 0) is 43.0 Å². The van der Waals surface area contributed by atoms with Gasteiger partial charge in [0.25, 0.3) is 0 Å². The summed E-state index contributed by atoms with van der Waals surface area (Å²) < 4.78 is 0. The number of hydrogen-bond donors (Lipinski definition) is 1. The van der Waals surface area contributed by atoms with Gasteiger partial charge < -0.3 is 5.11 Å². The van der Waals surface area contributed by atoms with Crippen molar-refractivity contribution in [2.75, 3.05) is 0 Å². The first-order chi connectivity index (χ1) is 7.06. The lowest BCUT2D eigenvalue weighted by molar-refractivity contribution is 0.163. The van der Waals surface area contributed by atoms with Gasteiger partial charge in [0, 0.05) is 5.02 Å². The number of unbranched alkanes of at least 4 members (excludes halogenated alkanes) is 1. The summed E-state index contributed by atoms with van der Waals surface area (Å²) in [5, 5.41) is 10.8. The van der Waals surface area contributed by atoms with E-state index in [9.17, 15) is 5.11 Å². The zero-order chi connectivity index (χ0) is 11.4. The van der Waals surface area contributed by atoms with E-state index in [1.807, 2.05) is 26.0 Å². The summed E-state index contributed by atoms with van der Waals surface area (Å²) in [5.41, 5.74) is 3.13. The van der Waals surface area contributed by atoms with E-state index in [-0.39, 0.29) is 6.10 Å². The van der Waals surface area contributed by atoms with Gasteiger partial charge in [-0.1, -0.05) is 37.4 Å². The third-order valence-corrected chi connectivity index (χ3v) is 3.14. The van der Waals surface area contributed by atoms with E-state index >= 15 is 0 Å². The minimum absolute atomic E-state index is 0.346. The number of aryl methyl sites for hydroxylation is 2. The Hall–Kier alpha value is -0.530. The number of rotatable bonds is 4. The van der Waals surface area contributed by atoms with Crippen LogP contribution in [0, 0.1) is 13.8 Å². The van der Waals surface area contributed by atoms with Crippen molar-refractivity contribution >= 4 is 11.6 Å². The molecule has 2 heteroatoms. The molecule has 0 aliphatic carbocycles. The van der Waals surface area contributed by atoms with Gasteiger partial charge in [0.1, 0.15) is 0 Å². The Morgan fingerprint density at radius 1 is 1.27 bits per heavy atom. The van der Waals surface area contributed by atoms with Gasteiger partial charge >= 0.3 is 0 Å². The molecule has 0 spiro atoms. The molecule has 0 aliphatic rings. The Bertz CT molecular complexity index is 334. The molecule has 1 aromatic carbocycles. The van der Waals surface area contributed by atoms with Gasteiger partial charge in [-0.2, -0.15) is 0 Å². The van der Waals surface area contributed by atoms with Crippen molar-refractivity contribution in [3.05, 3.63) is 33.8 Å². The zero-order valence-corrected chi connectivity index (χ0v) is 10.4. The topological polar surface area (TPSA) is 20.2 Å². The molecule has 1 N–H and O–H groups in total. The third-order valence-electron chi connectivity index (χ3n) is 2.74. The second-order valence-electron chi connectivity index (χ2n) is 4.12. The molecule has 84 valence electrons. The summed E-state index contributed by atoms with van der Waals surface area (Å²) in [5.74, 6) is 0. The maximum atomic E-state index is 10.0. The normalized spacial score (nSPS) is 12.9. The van der Waals surface area contributed by atoms with E-state index in [0.29, 0.717) is 0 Å². The van der Waals surface area contributed by atoms with Gasteiger partial charge in [0.15, 0.2) is 0 Å². The van der Waals surface area contributed by atoms with Gasteiger partial charge in [-0.25, -0.2) is 0 Å². The first-order valence-electron chi connectivity index (χ1n) is 5.51. The van der Waals surface area contributed by atoms with Crippen LogP contribution in [0.1, 0.15) is 49.0 Å². The van der Waals surface area contributed by atoms with Crippen LogP contribution in [-0.4, -0.2) is 5.11 Å². The van der Waals surface area contributed by atoms with Crippen LogP contribution in [-0.2, 0) is 0 Å². The van der Waals surface area contributed by atoms with Crippen molar-refractivity contribution in [3.8, 4) is 0 Å². The van der Waals surface area contributed by atoms with Crippen molar-refractivity contribution < 1.29 is 5.11 Å². The smallest absolute Gasteiger partial charge is 0.0792 e. The highest BCUT2D eigenvalue weighted by Crippen LogP contribution is 2.27. The first-order valence-corrected chi connectivity index (χ1v) is 5.88. The van der Waals surface area contributed by atoms with Gasteiger partial charge in [0.2, 0.25) is 0 Å². The molecule has 1 aromatic rings. The molecule has 1 rings (SSSR count). The first kappa shape index (κ1) is 12.5. The van der Waals surface area contributed by atoms with E-state index in [0.717, 1.165) is 41.0 Å². The Morgan fingerprint density at radius 3 is 2.53 bits per heavy atom. The number of hydrogen-bond acceptors (Lipinski definition) is 1. The molecule has 0 heterocycles. The zero-order valence-electron chi connectivity index (χ0n) is 9.68. The van der Waals surface area contributed by atoms with Crippen LogP contribution in [0.5, 0.6) is 0 Å². The molecule has 1 atom stereocenters. The molecule has 0 saturated heterocycles. The highest BCUT2D eigenvalue weighted by molar-refractivity contribution is 6.31. The number of halogens is 1. The maximum absolute atomic E-state index is 10.0. The third kappa shape index (κ3) is 3.22. The monoisotopic (exact) mass is 226 g/mol. The molecule has 0 aliphatic heterocycles. The second-order valence-corrected chi connectivity index (χ2v) is 4.52. The van der Waals surface area contributed by atoms with Crippen molar-refractivity contribution in [2.45, 2.75) is 46.1 Å². The second kappa shape index (κ2) is 5.53. The lowest BCUT2D eigenvalue weighted by Crippen LogP contribution is -2.00. The van der Waals surface area contributed by atoms with Crippen LogP contribution in [0.3, 0.4) is 0 Å². The quantitative estimate of drug-likeness (QED) is 0.817. The van der Waals surface area contributed by atoms with Crippen LogP contribution >= 0.6 is 11.6 Å². The fraction of sp³-hybridized carbons (Fsp3) is 0.538. The number of aliphatic hydroxyl groups excluding tert-OH is 1. The van der Waals surface area contributed by atoms with E-state index in [2.05, 4.69) is 6.92 Å². The predicted octanol–water partition coefficient (Wildman–Crippen LogP) is 4.18. The van der Waals surface area contributed by atoms with Crippen LogP contribution < -0.4 is 0 Å².